The van der Waals surface area contributed by atoms with E-state index >= 15 is 0 Å². The summed E-state index contributed by atoms with van der Waals surface area (Å²) in [6.07, 6.45) is 4.03. The van der Waals surface area contributed by atoms with Crippen molar-refractivity contribution in [3.63, 3.8) is 0 Å². The Bertz CT molecular complexity index is 500. The molecule has 1 aromatic rings. The molecule has 2 atom stereocenters. The highest BCUT2D eigenvalue weighted by Gasteiger charge is 2.40. The first-order chi connectivity index (χ1) is 10.1. The first kappa shape index (κ1) is 16.0. The molecule has 3 nitrogen and oxygen atoms in total. The molecule has 21 heavy (non-hydrogen) atoms. The zero-order valence-corrected chi connectivity index (χ0v) is 14.9. The third kappa shape index (κ3) is 3.55. The first-order valence-electron chi connectivity index (χ1n) is 7.52. The second-order valence-electron chi connectivity index (χ2n) is 6.10. The van der Waals surface area contributed by atoms with Crippen molar-refractivity contribution in [1.29, 1.82) is 0 Å². The quantitative estimate of drug-likeness (QED) is 0.736. The SMILES string of the molecule is NC(c1ccc(I)c(Cl)c1)C1CCOC2(CCOCC2)C1. The van der Waals surface area contributed by atoms with Crippen LogP contribution in [-0.4, -0.2) is 25.4 Å². The Hall–Kier alpha value is 0.120. The van der Waals surface area contributed by atoms with Gasteiger partial charge < -0.3 is 15.2 Å². The van der Waals surface area contributed by atoms with Crippen LogP contribution < -0.4 is 5.73 Å². The molecular formula is C16H21ClINO2. The van der Waals surface area contributed by atoms with Gasteiger partial charge in [0.25, 0.3) is 0 Å². The van der Waals surface area contributed by atoms with Crippen LogP contribution in [-0.2, 0) is 9.47 Å². The summed E-state index contributed by atoms with van der Waals surface area (Å²) >= 11 is 8.48. The van der Waals surface area contributed by atoms with E-state index in [0.29, 0.717) is 5.92 Å². The van der Waals surface area contributed by atoms with Crippen molar-refractivity contribution < 1.29 is 9.47 Å². The van der Waals surface area contributed by atoms with Gasteiger partial charge in [-0.05, 0) is 71.9 Å². The van der Waals surface area contributed by atoms with Gasteiger partial charge in [0.2, 0.25) is 0 Å². The van der Waals surface area contributed by atoms with Crippen molar-refractivity contribution in [3.8, 4) is 0 Å². The van der Waals surface area contributed by atoms with Gasteiger partial charge in [-0.2, -0.15) is 0 Å². The average molecular weight is 422 g/mol. The lowest BCUT2D eigenvalue weighted by Gasteiger charge is -2.44. The number of rotatable bonds is 2. The van der Waals surface area contributed by atoms with Crippen LogP contribution in [0.3, 0.4) is 0 Å². The Labute approximate surface area is 144 Å². The van der Waals surface area contributed by atoms with Crippen LogP contribution in [0.2, 0.25) is 5.02 Å². The van der Waals surface area contributed by atoms with Gasteiger partial charge in [0.1, 0.15) is 0 Å². The Kier molecular flexibility index (Phi) is 5.11. The van der Waals surface area contributed by atoms with Crippen LogP contribution in [0.15, 0.2) is 18.2 Å². The molecule has 5 heteroatoms. The van der Waals surface area contributed by atoms with Gasteiger partial charge in [0.15, 0.2) is 0 Å². The summed E-state index contributed by atoms with van der Waals surface area (Å²) in [5, 5.41) is 0.788. The van der Waals surface area contributed by atoms with E-state index in [1.807, 2.05) is 12.1 Å². The fourth-order valence-electron chi connectivity index (χ4n) is 3.46. The Balaban J connectivity index is 1.74. The Morgan fingerprint density at radius 1 is 1.29 bits per heavy atom. The number of nitrogens with two attached hydrogens (primary N) is 1. The molecule has 1 spiro atoms. The van der Waals surface area contributed by atoms with Gasteiger partial charge >= 0.3 is 0 Å². The molecule has 0 saturated carbocycles. The van der Waals surface area contributed by atoms with Crippen molar-refractivity contribution >= 4 is 34.2 Å². The number of ether oxygens (including phenoxy) is 2. The Morgan fingerprint density at radius 3 is 2.76 bits per heavy atom. The summed E-state index contributed by atoms with van der Waals surface area (Å²) in [6.45, 7) is 2.41. The Morgan fingerprint density at radius 2 is 2.05 bits per heavy atom. The van der Waals surface area contributed by atoms with E-state index in [4.69, 9.17) is 26.8 Å². The summed E-state index contributed by atoms with van der Waals surface area (Å²) in [6, 6.07) is 6.19. The molecule has 0 bridgehead atoms. The third-order valence-electron chi connectivity index (χ3n) is 4.77. The molecule has 116 valence electrons. The molecule has 0 amide bonds. The van der Waals surface area contributed by atoms with E-state index in [9.17, 15) is 0 Å². The summed E-state index contributed by atoms with van der Waals surface area (Å²) in [5.74, 6) is 0.452. The predicted molar refractivity (Wildman–Crippen MR) is 92.6 cm³/mol. The van der Waals surface area contributed by atoms with Crippen LogP contribution in [0.4, 0.5) is 0 Å². The van der Waals surface area contributed by atoms with Crippen LogP contribution in [0.5, 0.6) is 0 Å². The van der Waals surface area contributed by atoms with Gasteiger partial charge in [-0.3, -0.25) is 0 Å². The van der Waals surface area contributed by atoms with Crippen molar-refractivity contribution in [3.05, 3.63) is 32.4 Å². The van der Waals surface area contributed by atoms with E-state index in [1.54, 1.807) is 0 Å². The third-order valence-corrected chi connectivity index (χ3v) is 6.34. The topological polar surface area (TPSA) is 44.5 Å². The minimum absolute atomic E-state index is 0.00815. The maximum absolute atomic E-state index is 6.53. The number of hydrogen-bond donors (Lipinski definition) is 1. The molecule has 0 aliphatic carbocycles. The van der Waals surface area contributed by atoms with Crippen molar-refractivity contribution in [2.75, 3.05) is 19.8 Å². The van der Waals surface area contributed by atoms with Crippen molar-refractivity contribution in [2.24, 2.45) is 11.7 Å². The highest BCUT2D eigenvalue weighted by atomic mass is 127. The molecular weight excluding hydrogens is 401 g/mol. The summed E-state index contributed by atoms with van der Waals surface area (Å²) in [5.41, 5.74) is 7.66. The van der Waals surface area contributed by atoms with Crippen LogP contribution >= 0.6 is 34.2 Å². The predicted octanol–water partition coefficient (Wildman–Crippen LogP) is 3.92. The summed E-state index contributed by atoms with van der Waals surface area (Å²) in [4.78, 5) is 0. The van der Waals surface area contributed by atoms with Gasteiger partial charge in [-0.25, -0.2) is 0 Å². The van der Waals surface area contributed by atoms with Gasteiger partial charge in [0.05, 0.1) is 10.6 Å². The second kappa shape index (κ2) is 6.71. The molecule has 2 fully saturated rings. The van der Waals surface area contributed by atoms with E-state index in [0.717, 1.165) is 59.7 Å². The van der Waals surface area contributed by atoms with E-state index in [-0.39, 0.29) is 11.6 Å². The molecule has 2 unspecified atom stereocenters. The molecule has 1 aromatic carbocycles. The number of benzene rings is 1. The second-order valence-corrected chi connectivity index (χ2v) is 7.67. The zero-order valence-electron chi connectivity index (χ0n) is 12.0. The average Bonchev–Trinajstić information content (AvgIpc) is 2.50. The molecule has 2 aliphatic rings. The lowest BCUT2D eigenvalue weighted by molar-refractivity contribution is -0.149. The van der Waals surface area contributed by atoms with E-state index in [2.05, 4.69) is 28.7 Å². The summed E-state index contributed by atoms with van der Waals surface area (Å²) in [7, 11) is 0. The fraction of sp³-hybridized carbons (Fsp3) is 0.625. The standard InChI is InChI=1S/C16H21ClINO2/c17-13-9-11(1-2-14(13)18)15(19)12-3-6-21-16(10-12)4-7-20-8-5-16/h1-2,9,12,15H,3-8,10,19H2. The van der Waals surface area contributed by atoms with E-state index < -0.39 is 0 Å². The van der Waals surface area contributed by atoms with Gasteiger partial charge in [-0.15, -0.1) is 0 Å². The highest BCUT2D eigenvalue weighted by molar-refractivity contribution is 14.1. The largest absolute Gasteiger partial charge is 0.381 e. The molecule has 2 aliphatic heterocycles. The molecule has 0 aromatic heterocycles. The van der Waals surface area contributed by atoms with Gasteiger partial charge in [0, 0.05) is 29.4 Å². The van der Waals surface area contributed by atoms with E-state index in [1.165, 1.54) is 0 Å². The number of halogens is 2. The maximum atomic E-state index is 6.53. The zero-order chi connectivity index (χ0) is 14.9. The lowest BCUT2D eigenvalue weighted by atomic mass is 9.76. The minimum atomic E-state index is -0.00815. The van der Waals surface area contributed by atoms with Crippen LogP contribution in [0, 0.1) is 9.49 Å². The molecule has 3 rings (SSSR count). The smallest absolute Gasteiger partial charge is 0.0729 e. The fourth-order valence-corrected chi connectivity index (χ4v) is 3.98. The van der Waals surface area contributed by atoms with Gasteiger partial charge in [-0.1, -0.05) is 17.7 Å². The molecule has 0 radical (unpaired) electrons. The normalized spacial score (nSPS) is 26.7. The van der Waals surface area contributed by atoms with Crippen molar-refractivity contribution in [1.82, 2.24) is 0 Å². The molecule has 2 saturated heterocycles. The molecule has 2 heterocycles. The first-order valence-corrected chi connectivity index (χ1v) is 8.98. The maximum Gasteiger partial charge on any atom is 0.0729 e. The molecule has 2 N–H and O–H groups in total. The van der Waals surface area contributed by atoms with Crippen molar-refractivity contribution in [2.45, 2.75) is 37.3 Å². The monoisotopic (exact) mass is 421 g/mol. The van der Waals surface area contributed by atoms with Crippen LogP contribution in [0.25, 0.3) is 0 Å². The minimum Gasteiger partial charge on any atom is -0.381 e. The highest BCUT2D eigenvalue weighted by Crippen LogP contribution is 2.41. The number of hydrogen-bond acceptors (Lipinski definition) is 3. The lowest BCUT2D eigenvalue weighted by Crippen LogP contribution is -2.46. The van der Waals surface area contributed by atoms with Crippen LogP contribution in [0.1, 0.15) is 37.3 Å². The summed E-state index contributed by atoms with van der Waals surface area (Å²) < 4.78 is 12.6.